The average molecular weight is 295 g/mol. The lowest BCUT2D eigenvalue weighted by Crippen LogP contribution is -2.19. The molecule has 2 aromatic carbocycles. The molecule has 2 N–H and O–H groups in total. The summed E-state index contributed by atoms with van der Waals surface area (Å²) >= 11 is 0. The number of benzene rings is 2. The van der Waals surface area contributed by atoms with Gasteiger partial charge in [0.2, 0.25) is 0 Å². The monoisotopic (exact) mass is 295 g/mol. The summed E-state index contributed by atoms with van der Waals surface area (Å²) in [5.74, 6) is -0.599. The van der Waals surface area contributed by atoms with E-state index in [2.05, 4.69) is 15.5 Å². The number of amides is 1. The van der Waals surface area contributed by atoms with Gasteiger partial charge in [0.15, 0.2) is 0 Å². The Bertz CT molecular complexity index is 850. The minimum atomic E-state index is -0.306. The van der Waals surface area contributed by atoms with Gasteiger partial charge in [-0.25, -0.2) is 9.82 Å². The molecular formula is C17H14FN3O. The molecule has 1 amide bonds. The summed E-state index contributed by atoms with van der Waals surface area (Å²) in [6.07, 6.45) is 1.66. The molecule has 0 aliphatic carbocycles. The van der Waals surface area contributed by atoms with Crippen molar-refractivity contribution in [3.05, 3.63) is 71.7 Å². The summed E-state index contributed by atoms with van der Waals surface area (Å²) in [6.45, 7) is 1.75. The van der Waals surface area contributed by atoms with Gasteiger partial charge in [-0.1, -0.05) is 30.3 Å². The van der Waals surface area contributed by atoms with Crippen LogP contribution in [0.15, 0.2) is 59.8 Å². The minimum Gasteiger partial charge on any atom is -0.360 e. The Kier molecular flexibility index (Phi) is 3.70. The van der Waals surface area contributed by atoms with E-state index in [4.69, 9.17) is 0 Å². The Balaban J connectivity index is 1.79. The lowest BCUT2D eigenvalue weighted by atomic mass is 10.1. The summed E-state index contributed by atoms with van der Waals surface area (Å²) in [6, 6.07) is 13.5. The molecule has 0 aliphatic rings. The number of nitrogens with one attached hydrogen (secondary N) is 2. The first-order valence-electron chi connectivity index (χ1n) is 6.82. The summed E-state index contributed by atoms with van der Waals surface area (Å²) in [7, 11) is 0. The molecule has 0 fully saturated rings. The number of fused-ring (bicyclic) bond motifs is 1. The fraction of sp³-hybridized carbons (Fsp3) is 0.0588. The highest BCUT2D eigenvalue weighted by molar-refractivity contribution is 6.07. The Morgan fingerprint density at radius 1 is 1.14 bits per heavy atom. The first kappa shape index (κ1) is 14.0. The van der Waals surface area contributed by atoms with Crippen molar-refractivity contribution >= 4 is 22.5 Å². The van der Waals surface area contributed by atoms with Crippen LogP contribution in [-0.2, 0) is 0 Å². The van der Waals surface area contributed by atoms with Crippen molar-refractivity contribution in [3.63, 3.8) is 0 Å². The standard InChI is InChI=1S/C17H14FN3O/c1-11(12-6-8-13(18)9-7-12)20-21-17(22)15-10-19-16-5-3-2-4-14(15)16/h2-10,19H,1H3,(H,21,22). The zero-order valence-corrected chi connectivity index (χ0v) is 11.9. The third-order valence-corrected chi connectivity index (χ3v) is 3.42. The lowest BCUT2D eigenvalue weighted by Gasteiger charge is -2.02. The van der Waals surface area contributed by atoms with E-state index in [1.165, 1.54) is 12.1 Å². The lowest BCUT2D eigenvalue weighted by molar-refractivity contribution is 0.0956. The SMILES string of the molecule is CC(=NNC(=O)c1c[nH]c2ccccc12)c1ccc(F)cc1. The Morgan fingerprint density at radius 2 is 1.86 bits per heavy atom. The van der Waals surface area contributed by atoms with Crippen molar-refractivity contribution in [1.82, 2.24) is 10.4 Å². The third-order valence-electron chi connectivity index (χ3n) is 3.42. The molecule has 0 unspecified atom stereocenters. The molecule has 22 heavy (non-hydrogen) atoms. The van der Waals surface area contributed by atoms with Gasteiger partial charge in [-0.05, 0) is 30.7 Å². The molecule has 0 spiro atoms. The summed E-state index contributed by atoms with van der Waals surface area (Å²) in [4.78, 5) is 15.3. The van der Waals surface area contributed by atoms with Crippen LogP contribution in [0, 0.1) is 5.82 Å². The van der Waals surface area contributed by atoms with E-state index in [9.17, 15) is 9.18 Å². The van der Waals surface area contributed by atoms with Crippen LogP contribution >= 0.6 is 0 Å². The molecule has 0 saturated carbocycles. The van der Waals surface area contributed by atoms with Gasteiger partial charge in [0.25, 0.3) is 5.91 Å². The molecule has 1 aromatic heterocycles. The van der Waals surface area contributed by atoms with Gasteiger partial charge in [-0.3, -0.25) is 4.79 Å². The smallest absolute Gasteiger partial charge is 0.273 e. The van der Waals surface area contributed by atoms with E-state index in [1.54, 1.807) is 25.3 Å². The fourth-order valence-corrected chi connectivity index (χ4v) is 2.21. The number of aromatic nitrogens is 1. The van der Waals surface area contributed by atoms with Crippen LogP contribution in [0.25, 0.3) is 10.9 Å². The quantitative estimate of drug-likeness (QED) is 0.564. The molecule has 5 heteroatoms. The second-order valence-corrected chi connectivity index (χ2v) is 4.89. The van der Waals surface area contributed by atoms with Crippen molar-refractivity contribution in [2.75, 3.05) is 0 Å². The zero-order valence-electron chi connectivity index (χ0n) is 11.9. The van der Waals surface area contributed by atoms with Crippen molar-refractivity contribution in [2.24, 2.45) is 5.10 Å². The average Bonchev–Trinajstić information content (AvgIpc) is 2.97. The van der Waals surface area contributed by atoms with E-state index < -0.39 is 0 Å². The summed E-state index contributed by atoms with van der Waals surface area (Å²) in [5.41, 5.74) is 5.31. The highest BCUT2D eigenvalue weighted by Gasteiger charge is 2.11. The summed E-state index contributed by atoms with van der Waals surface area (Å²) < 4.78 is 12.9. The van der Waals surface area contributed by atoms with E-state index in [-0.39, 0.29) is 11.7 Å². The molecule has 0 radical (unpaired) electrons. The van der Waals surface area contributed by atoms with Gasteiger partial charge in [0.05, 0.1) is 11.3 Å². The number of H-pyrrole nitrogens is 1. The number of aromatic amines is 1. The maximum Gasteiger partial charge on any atom is 0.273 e. The van der Waals surface area contributed by atoms with Gasteiger partial charge >= 0.3 is 0 Å². The molecular weight excluding hydrogens is 281 g/mol. The first-order chi connectivity index (χ1) is 10.6. The van der Waals surface area contributed by atoms with Crippen molar-refractivity contribution < 1.29 is 9.18 Å². The summed E-state index contributed by atoms with van der Waals surface area (Å²) in [5, 5.41) is 4.91. The van der Waals surface area contributed by atoms with Gasteiger partial charge in [0.1, 0.15) is 5.82 Å². The maximum absolute atomic E-state index is 12.9. The minimum absolute atomic E-state index is 0.293. The Hall–Kier alpha value is -2.95. The molecule has 0 saturated heterocycles. The number of hydrogen-bond acceptors (Lipinski definition) is 2. The Morgan fingerprint density at radius 3 is 2.64 bits per heavy atom. The predicted molar refractivity (Wildman–Crippen MR) is 84.4 cm³/mol. The highest BCUT2D eigenvalue weighted by atomic mass is 19.1. The number of nitrogens with zero attached hydrogens (tertiary/aromatic N) is 1. The highest BCUT2D eigenvalue weighted by Crippen LogP contribution is 2.17. The van der Waals surface area contributed by atoms with E-state index in [1.807, 2.05) is 24.3 Å². The maximum atomic E-state index is 12.9. The van der Waals surface area contributed by atoms with Gasteiger partial charge < -0.3 is 4.98 Å². The zero-order chi connectivity index (χ0) is 15.5. The normalized spacial score (nSPS) is 11.6. The van der Waals surface area contributed by atoms with Crippen LogP contribution < -0.4 is 5.43 Å². The van der Waals surface area contributed by atoms with Gasteiger partial charge in [0, 0.05) is 17.1 Å². The number of para-hydroxylation sites is 1. The number of hydrogen-bond donors (Lipinski definition) is 2. The molecule has 0 atom stereocenters. The van der Waals surface area contributed by atoms with E-state index >= 15 is 0 Å². The Labute approximate surface area is 126 Å². The molecule has 0 bridgehead atoms. The number of halogens is 1. The molecule has 110 valence electrons. The largest absolute Gasteiger partial charge is 0.360 e. The third kappa shape index (κ3) is 2.74. The molecule has 3 rings (SSSR count). The van der Waals surface area contributed by atoms with Crippen molar-refractivity contribution in [2.45, 2.75) is 6.92 Å². The number of rotatable bonds is 3. The van der Waals surface area contributed by atoms with Crippen molar-refractivity contribution in [3.8, 4) is 0 Å². The van der Waals surface area contributed by atoms with E-state index in [0.717, 1.165) is 16.5 Å². The number of hydrazone groups is 1. The molecule has 0 aliphatic heterocycles. The van der Waals surface area contributed by atoms with Crippen molar-refractivity contribution in [1.29, 1.82) is 0 Å². The number of carbonyl (C=O) groups excluding carboxylic acids is 1. The number of carbonyl (C=O) groups is 1. The van der Waals surface area contributed by atoms with E-state index in [0.29, 0.717) is 11.3 Å². The molecule has 1 heterocycles. The van der Waals surface area contributed by atoms with Crippen LogP contribution in [-0.4, -0.2) is 16.6 Å². The first-order valence-corrected chi connectivity index (χ1v) is 6.82. The molecule has 4 nitrogen and oxygen atoms in total. The molecule has 3 aromatic rings. The van der Waals surface area contributed by atoms with Gasteiger partial charge in [-0.2, -0.15) is 5.10 Å². The van der Waals surface area contributed by atoms with Crippen LogP contribution in [0.3, 0.4) is 0 Å². The second-order valence-electron chi connectivity index (χ2n) is 4.89. The van der Waals surface area contributed by atoms with Gasteiger partial charge in [-0.15, -0.1) is 0 Å². The van der Waals surface area contributed by atoms with Crippen LogP contribution in [0.5, 0.6) is 0 Å². The second kappa shape index (κ2) is 5.81. The predicted octanol–water partition coefficient (Wildman–Crippen LogP) is 3.46. The van der Waals surface area contributed by atoms with Crippen LogP contribution in [0.1, 0.15) is 22.8 Å². The topological polar surface area (TPSA) is 57.2 Å². The van der Waals surface area contributed by atoms with Crippen LogP contribution in [0.4, 0.5) is 4.39 Å². The fourth-order valence-electron chi connectivity index (χ4n) is 2.21. The van der Waals surface area contributed by atoms with Crippen LogP contribution in [0.2, 0.25) is 0 Å².